The molecule has 1 aliphatic rings. The minimum absolute atomic E-state index is 0.00198. The summed E-state index contributed by atoms with van der Waals surface area (Å²) in [6.45, 7) is 6.65. The second-order valence-electron chi connectivity index (χ2n) is 16.4. The van der Waals surface area contributed by atoms with Crippen molar-refractivity contribution in [1.29, 1.82) is 0 Å². The van der Waals surface area contributed by atoms with Gasteiger partial charge in [-0.15, -0.1) is 0 Å². The van der Waals surface area contributed by atoms with E-state index >= 15 is 0 Å². The van der Waals surface area contributed by atoms with E-state index in [2.05, 4.69) is 90.0 Å². The summed E-state index contributed by atoms with van der Waals surface area (Å²) >= 11 is 0. The normalized spacial score (nSPS) is 14.7. The van der Waals surface area contributed by atoms with Crippen LogP contribution in [0, 0.1) is 13.8 Å². The minimum Gasteiger partial charge on any atom is -0.487 e. The fraction of sp³-hybridized carbons (Fsp3) is 0.327. The molecule has 6 aromatic rings. The molecule has 0 unspecified atom stereocenters. The number of aliphatic hydroxyl groups excluding tert-OH is 3. The molecule has 5 aromatic carbocycles. The van der Waals surface area contributed by atoms with Gasteiger partial charge in [-0.3, -0.25) is 9.88 Å². The van der Waals surface area contributed by atoms with Crippen molar-refractivity contribution in [2.45, 2.75) is 90.6 Å². The van der Waals surface area contributed by atoms with Crippen LogP contribution in [0.15, 0.2) is 133 Å². The second-order valence-corrected chi connectivity index (χ2v) is 16.4. The molecule has 61 heavy (non-hydrogen) atoms. The Morgan fingerprint density at radius 1 is 0.541 bits per heavy atom. The summed E-state index contributed by atoms with van der Waals surface area (Å²) in [7, 11) is 0. The Bertz CT molecular complexity index is 2140. The third-order valence-corrected chi connectivity index (χ3v) is 11.4. The van der Waals surface area contributed by atoms with Crippen LogP contribution in [0.4, 0.5) is 0 Å². The second kappa shape index (κ2) is 21.9. The van der Waals surface area contributed by atoms with Gasteiger partial charge in [0.2, 0.25) is 0 Å². The summed E-state index contributed by atoms with van der Waals surface area (Å²) in [6.07, 6.45) is 2.04. The van der Waals surface area contributed by atoms with E-state index in [0.717, 1.165) is 73.0 Å². The fourth-order valence-corrected chi connectivity index (χ4v) is 8.36. The van der Waals surface area contributed by atoms with Crippen LogP contribution in [0.5, 0.6) is 11.5 Å². The Labute approximate surface area is 361 Å². The number of fused-ring (bicyclic) bond motifs is 4. The lowest BCUT2D eigenvalue weighted by molar-refractivity contribution is 0.106. The van der Waals surface area contributed by atoms with Crippen molar-refractivity contribution < 1.29 is 24.8 Å². The fourth-order valence-electron chi connectivity index (χ4n) is 8.36. The van der Waals surface area contributed by atoms with Gasteiger partial charge < -0.3 is 35.4 Å². The molecule has 0 spiro atoms. The predicted molar refractivity (Wildman–Crippen MR) is 241 cm³/mol. The summed E-state index contributed by atoms with van der Waals surface area (Å²) in [6, 6.07) is 44.9. The molecule has 0 saturated carbocycles. The lowest BCUT2D eigenvalue weighted by Crippen LogP contribution is -2.39. The van der Waals surface area contributed by atoms with Crippen LogP contribution in [0.2, 0.25) is 0 Å². The highest BCUT2D eigenvalue weighted by Crippen LogP contribution is 2.34. The largest absolute Gasteiger partial charge is 0.487 e. The number of aliphatic hydroxyl groups is 3. The number of hydrogen-bond acceptors (Lipinski definition) is 9. The van der Waals surface area contributed by atoms with E-state index in [4.69, 9.17) is 14.5 Å². The van der Waals surface area contributed by atoms with Crippen LogP contribution in [0.25, 0.3) is 0 Å². The van der Waals surface area contributed by atoms with Crippen molar-refractivity contribution >= 4 is 0 Å². The lowest BCUT2D eigenvalue weighted by atomic mass is 9.98. The van der Waals surface area contributed by atoms with Crippen LogP contribution in [0.1, 0.15) is 61.5 Å². The van der Waals surface area contributed by atoms with Gasteiger partial charge in [-0.25, -0.2) is 0 Å². The monoisotopic (exact) mass is 820 g/mol. The Balaban J connectivity index is 1.27. The first-order valence-electron chi connectivity index (χ1n) is 21.5. The standard InChI is InChI=1S/C52H60N4O5/c1-37-21-42(28-53-48(32-57)25-39-13-6-3-7-14-39)51-44(23-37)30-56(50(34-59)27-41-17-10-5-11-18-41)31-45-24-38(2)22-43(29-54-49(33-58)26-40-15-8-4-9-16-40)52(45)61-36-47-20-12-19-46(55-47)35-60-51/h3-24,48-50,53-54,57-59H,25-36H2,1-2H3/t48-,49-,50-/m0/s1. The summed E-state index contributed by atoms with van der Waals surface area (Å²) in [5.74, 6) is 1.55. The lowest BCUT2D eigenvalue weighted by Gasteiger charge is -2.33. The van der Waals surface area contributed by atoms with E-state index < -0.39 is 0 Å². The highest BCUT2D eigenvalue weighted by atomic mass is 16.5. The van der Waals surface area contributed by atoms with E-state index in [1.807, 2.05) is 72.8 Å². The van der Waals surface area contributed by atoms with E-state index in [-0.39, 0.29) is 51.2 Å². The van der Waals surface area contributed by atoms with Crippen LogP contribution in [0.3, 0.4) is 0 Å². The van der Waals surface area contributed by atoms with Gasteiger partial charge in [0, 0.05) is 66.6 Å². The van der Waals surface area contributed by atoms with E-state index in [1.54, 1.807) is 0 Å². The average Bonchev–Trinajstić information content (AvgIpc) is 3.28. The molecule has 0 aliphatic carbocycles. The smallest absolute Gasteiger partial charge is 0.130 e. The number of nitrogens with one attached hydrogen (secondary N) is 2. The van der Waals surface area contributed by atoms with Crippen LogP contribution >= 0.6 is 0 Å². The van der Waals surface area contributed by atoms with Crippen molar-refractivity contribution in [1.82, 2.24) is 20.5 Å². The summed E-state index contributed by atoms with van der Waals surface area (Å²) in [5.41, 5.74) is 11.2. The maximum atomic E-state index is 11.2. The van der Waals surface area contributed by atoms with Crippen molar-refractivity contribution in [3.8, 4) is 11.5 Å². The predicted octanol–water partition coefficient (Wildman–Crippen LogP) is 7.16. The molecule has 0 radical (unpaired) electrons. The number of ether oxygens (including phenoxy) is 2. The molecule has 0 saturated heterocycles. The maximum absolute atomic E-state index is 11.2. The van der Waals surface area contributed by atoms with E-state index in [1.165, 1.54) is 0 Å². The van der Waals surface area contributed by atoms with Gasteiger partial charge in [-0.2, -0.15) is 0 Å². The maximum Gasteiger partial charge on any atom is 0.130 e. The van der Waals surface area contributed by atoms with Crippen molar-refractivity contribution in [2.24, 2.45) is 0 Å². The number of nitrogens with zero attached hydrogens (tertiary/aromatic N) is 2. The Morgan fingerprint density at radius 3 is 1.38 bits per heavy atom. The van der Waals surface area contributed by atoms with Gasteiger partial charge in [0.15, 0.2) is 0 Å². The third kappa shape index (κ3) is 12.4. The van der Waals surface area contributed by atoms with Gasteiger partial charge in [0.25, 0.3) is 0 Å². The van der Waals surface area contributed by atoms with Gasteiger partial charge in [0.05, 0.1) is 31.2 Å². The molecule has 2 heterocycles. The molecular formula is C52H60N4O5. The molecule has 318 valence electrons. The zero-order valence-corrected chi connectivity index (χ0v) is 35.5. The van der Waals surface area contributed by atoms with Crippen molar-refractivity contribution in [2.75, 3.05) is 19.8 Å². The number of hydrogen-bond donors (Lipinski definition) is 5. The third-order valence-electron chi connectivity index (χ3n) is 11.4. The topological polar surface area (TPSA) is 119 Å². The summed E-state index contributed by atoms with van der Waals surface area (Å²) in [5, 5.41) is 39.3. The number of aryl methyl sites for hydroxylation is 2. The molecule has 1 aliphatic heterocycles. The Hall–Kier alpha value is -5.39. The Morgan fingerprint density at radius 2 is 0.967 bits per heavy atom. The highest BCUT2D eigenvalue weighted by molar-refractivity contribution is 5.47. The average molecular weight is 821 g/mol. The van der Waals surface area contributed by atoms with E-state index in [0.29, 0.717) is 45.4 Å². The molecule has 0 fully saturated rings. The first kappa shape index (κ1) is 43.7. The number of rotatable bonds is 16. The van der Waals surface area contributed by atoms with Crippen molar-refractivity contribution in [3.05, 3.63) is 195 Å². The van der Waals surface area contributed by atoms with Gasteiger partial charge in [-0.1, -0.05) is 132 Å². The molecule has 5 N–H and O–H groups in total. The molecule has 9 nitrogen and oxygen atoms in total. The molecule has 0 amide bonds. The molecule has 2 bridgehead atoms. The zero-order chi connectivity index (χ0) is 42.4. The zero-order valence-electron chi connectivity index (χ0n) is 35.5. The first-order valence-corrected chi connectivity index (χ1v) is 21.5. The molecular weight excluding hydrogens is 761 g/mol. The van der Waals surface area contributed by atoms with Crippen LogP contribution < -0.4 is 20.1 Å². The SMILES string of the molecule is Cc1cc(CN[C@H](CO)Cc2ccccc2)c2c(c1)CN([C@H](CO)Cc1ccccc1)Cc1cc(C)cc(CN[C@H](CO)Cc3ccccc3)c1OCc1cccc(n1)CO2. The summed E-state index contributed by atoms with van der Waals surface area (Å²) < 4.78 is 13.6. The highest BCUT2D eigenvalue weighted by Gasteiger charge is 2.26. The van der Waals surface area contributed by atoms with Gasteiger partial charge in [0.1, 0.15) is 24.7 Å². The number of pyridine rings is 1. The molecule has 1 aromatic heterocycles. The first-order chi connectivity index (χ1) is 29.9. The van der Waals surface area contributed by atoms with Crippen molar-refractivity contribution in [3.63, 3.8) is 0 Å². The van der Waals surface area contributed by atoms with Crippen LogP contribution in [-0.4, -0.2) is 63.1 Å². The molecule has 3 atom stereocenters. The quantitative estimate of drug-likeness (QED) is 0.0694. The summed E-state index contributed by atoms with van der Waals surface area (Å²) in [4.78, 5) is 7.33. The number of aromatic nitrogens is 1. The molecule has 7 rings (SSSR count). The van der Waals surface area contributed by atoms with Gasteiger partial charge >= 0.3 is 0 Å². The molecule has 9 heteroatoms. The van der Waals surface area contributed by atoms with E-state index in [9.17, 15) is 15.3 Å². The minimum atomic E-state index is -0.233. The number of benzene rings is 5. The Kier molecular flexibility index (Phi) is 15.7. The van der Waals surface area contributed by atoms with Gasteiger partial charge in [-0.05, 0) is 61.9 Å². The van der Waals surface area contributed by atoms with Crippen LogP contribution in [-0.2, 0) is 58.7 Å².